The second kappa shape index (κ2) is 4.80. The summed E-state index contributed by atoms with van der Waals surface area (Å²) in [6, 6.07) is 0.240. The predicted octanol–water partition coefficient (Wildman–Crippen LogP) is 3.08. The van der Waals surface area contributed by atoms with E-state index in [4.69, 9.17) is 5.73 Å². The highest BCUT2D eigenvalue weighted by Crippen LogP contribution is 2.58. The fraction of sp³-hybridized carbons (Fsp3) is 0.579. The first kappa shape index (κ1) is 14.4. The maximum Gasteiger partial charge on any atom is 0.252 e. The molecular weight excluding hydrogens is 305 g/mol. The molecule has 0 aromatic carbocycles. The lowest BCUT2D eigenvalue weighted by atomic mass is 9.53. The van der Waals surface area contributed by atoms with Crippen LogP contribution >= 0.6 is 0 Å². The van der Waals surface area contributed by atoms with Crippen molar-refractivity contribution in [2.75, 3.05) is 5.32 Å². The Hall–Kier alpha value is -1.91. The normalized spacial score (nSPS) is 38.4. The Labute approximate surface area is 140 Å². The highest BCUT2D eigenvalue weighted by Gasteiger charge is 2.56. The minimum atomic E-state index is -0.943. The number of nitrogens with two attached hydrogens (primary N) is 1. The van der Waals surface area contributed by atoms with Gasteiger partial charge in [-0.3, -0.25) is 9.78 Å². The van der Waals surface area contributed by atoms with Crippen molar-refractivity contribution < 1.29 is 9.18 Å². The molecule has 5 aliphatic rings. The van der Waals surface area contributed by atoms with E-state index in [0.29, 0.717) is 36.2 Å². The Morgan fingerprint density at radius 2 is 2.04 bits per heavy atom. The molecule has 0 radical (unpaired) electrons. The molecule has 126 valence electrons. The van der Waals surface area contributed by atoms with Crippen molar-refractivity contribution >= 4 is 17.7 Å². The number of nitrogens with one attached hydrogen (secondary N) is 1. The van der Waals surface area contributed by atoms with Gasteiger partial charge >= 0.3 is 0 Å². The second-order valence-electron chi connectivity index (χ2n) is 8.17. The lowest BCUT2D eigenvalue weighted by Crippen LogP contribution is -2.57. The highest BCUT2D eigenvalue weighted by molar-refractivity contribution is 6.00. The van der Waals surface area contributed by atoms with Crippen molar-refractivity contribution in [1.82, 2.24) is 4.98 Å². The fourth-order valence-electron chi connectivity index (χ4n) is 5.87. The first-order valence-electron chi connectivity index (χ1n) is 8.96. The summed E-state index contributed by atoms with van der Waals surface area (Å²) >= 11 is 0. The number of carbonyl (C=O) groups excluding carboxylic acids is 1. The van der Waals surface area contributed by atoms with E-state index in [2.05, 4.69) is 16.4 Å². The highest BCUT2D eigenvalue weighted by atomic mass is 19.1. The number of pyridine rings is 1. The van der Waals surface area contributed by atoms with E-state index >= 15 is 0 Å². The van der Waals surface area contributed by atoms with Crippen LogP contribution in [-0.2, 0) is 6.42 Å². The predicted molar refractivity (Wildman–Crippen MR) is 90.3 cm³/mol. The number of carbonyl (C=O) groups is 1. The SMILES string of the molecule is NC(=O)c1cnc2c(c1NC1C3CC4CC1CC(F)(C4)C3)C=CC2. The van der Waals surface area contributed by atoms with E-state index in [1.165, 1.54) is 0 Å². The summed E-state index contributed by atoms with van der Waals surface area (Å²) < 4.78 is 14.9. The average Bonchev–Trinajstić information content (AvgIpc) is 2.97. The third-order valence-corrected chi connectivity index (χ3v) is 6.57. The van der Waals surface area contributed by atoms with Gasteiger partial charge in [0.2, 0.25) is 0 Å². The molecule has 6 rings (SSSR count). The van der Waals surface area contributed by atoms with Crippen molar-refractivity contribution in [3.8, 4) is 0 Å². The summed E-state index contributed by atoms with van der Waals surface area (Å²) in [5, 5.41) is 3.63. The first-order valence-corrected chi connectivity index (χ1v) is 8.96. The van der Waals surface area contributed by atoms with Gasteiger partial charge in [0.25, 0.3) is 5.91 Å². The Kier molecular flexibility index (Phi) is 2.89. The summed E-state index contributed by atoms with van der Waals surface area (Å²) in [6.07, 6.45) is 10.7. The number of fused-ring (bicyclic) bond motifs is 1. The smallest absolute Gasteiger partial charge is 0.252 e. The number of rotatable bonds is 3. The van der Waals surface area contributed by atoms with Gasteiger partial charge in [0.1, 0.15) is 5.67 Å². The van der Waals surface area contributed by atoms with Crippen molar-refractivity contribution in [2.24, 2.45) is 23.5 Å². The number of amides is 1. The van der Waals surface area contributed by atoms with E-state index in [9.17, 15) is 9.18 Å². The summed E-state index contributed by atoms with van der Waals surface area (Å²) in [5.74, 6) is 0.801. The number of aromatic nitrogens is 1. The average molecular weight is 327 g/mol. The van der Waals surface area contributed by atoms with Crippen molar-refractivity contribution in [3.05, 3.63) is 29.1 Å². The van der Waals surface area contributed by atoms with Gasteiger partial charge in [0.15, 0.2) is 0 Å². The Morgan fingerprint density at radius 1 is 1.29 bits per heavy atom. The summed E-state index contributed by atoms with van der Waals surface area (Å²) in [7, 11) is 0. The number of nitrogens with zero attached hydrogens (tertiary/aromatic N) is 1. The van der Waals surface area contributed by atoms with Crippen molar-refractivity contribution in [1.29, 1.82) is 0 Å². The maximum atomic E-state index is 14.9. The molecule has 4 saturated carbocycles. The topological polar surface area (TPSA) is 68.0 Å². The standard InChI is InChI=1S/C19H22FN3O/c20-19-6-10-4-11(7-19)16(12(5-10)8-19)23-17-13-2-1-3-15(13)22-9-14(17)18(21)24/h1-2,9-12,16H,3-8H2,(H2,21,24)(H,22,23). The van der Waals surface area contributed by atoms with Crippen molar-refractivity contribution in [2.45, 2.75) is 50.2 Å². The monoisotopic (exact) mass is 327 g/mol. The van der Waals surface area contributed by atoms with Gasteiger partial charge in [-0.1, -0.05) is 12.2 Å². The van der Waals surface area contributed by atoms with Crippen LogP contribution in [0.3, 0.4) is 0 Å². The van der Waals surface area contributed by atoms with Crippen LogP contribution in [0.25, 0.3) is 6.08 Å². The zero-order valence-corrected chi connectivity index (χ0v) is 13.6. The molecule has 0 spiro atoms. The van der Waals surface area contributed by atoms with Crippen LogP contribution < -0.4 is 11.1 Å². The van der Waals surface area contributed by atoms with Gasteiger partial charge in [-0.2, -0.15) is 0 Å². The largest absolute Gasteiger partial charge is 0.381 e. The molecule has 24 heavy (non-hydrogen) atoms. The lowest BCUT2D eigenvalue weighted by molar-refractivity contribution is -0.0800. The van der Waals surface area contributed by atoms with Crippen LogP contribution in [0.1, 0.15) is 53.7 Å². The van der Waals surface area contributed by atoms with Crippen LogP contribution in [-0.4, -0.2) is 22.6 Å². The molecule has 1 aromatic rings. The molecule has 0 saturated heterocycles. The number of alkyl halides is 1. The molecular formula is C19H22FN3O. The lowest BCUT2D eigenvalue weighted by Gasteiger charge is -2.57. The molecule has 5 heteroatoms. The summed E-state index contributed by atoms with van der Waals surface area (Å²) in [6.45, 7) is 0. The number of anilines is 1. The molecule has 1 amide bonds. The van der Waals surface area contributed by atoms with E-state index < -0.39 is 11.6 Å². The first-order chi connectivity index (χ1) is 11.5. The van der Waals surface area contributed by atoms with Gasteiger partial charge in [-0.15, -0.1) is 0 Å². The Balaban J connectivity index is 1.52. The minimum absolute atomic E-state index is 0.240. The number of primary amides is 1. The number of allylic oxidation sites excluding steroid dienone is 1. The molecule has 2 atom stereocenters. The fourth-order valence-corrected chi connectivity index (χ4v) is 5.87. The Bertz CT molecular complexity index is 743. The van der Waals surface area contributed by atoms with Crippen LogP contribution in [0.4, 0.5) is 10.1 Å². The number of hydrogen-bond donors (Lipinski definition) is 2. The third kappa shape index (κ3) is 2.03. The summed E-state index contributed by atoms with van der Waals surface area (Å²) in [5.41, 5.74) is 7.85. The molecule has 2 unspecified atom stereocenters. The Morgan fingerprint density at radius 3 is 2.71 bits per heavy atom. The van der Waals surface area contributed by atoms with Crippen LogP contribution in [0.5, 0.6) is 0 Å². The summed E-state index contributed by atoms with van der Waals surface area (Å²) in [4.78, 5) is 16.3. The maximum absolute atomic E-state index is 14.9. The van der Waals surface area contributed by atoms with Gasteiger partial charge in [-0.05, 0) is 49.9 Å². The zero-order valence-electron chi connectivity index (χ0n) is 13.6. The molecule has 4 bridgehead atoms. The van der Waals surface area contributed by atoms with Crippen LogP contribution in [0, 0.1) is 17.8 Å². The molecule has 1 aromatic heterocycles. The van der Waals surface area contributed by atoms with Crippen molar-refractivity contribution in [3.63, 3.8) is 0 Å². The second-order valence-corrected chi connectivity index (χ2v) is 8.17. The van der Waals surface area contributed by atoms with Crippen LogP contribution in [0.15, 0.2) is 12.3 Å². The molecule has 1 heterocycles. The molecule has 4 nitrogen and oxygen atoms in total. The molecule has 4 fully saturated rings. The van der Waals surface area contributed by atoms with E-state index in [-0.39, 0.29) is 6.04 Å². The van der Waals surface area contributed by atoms with Gasteiger partial charge in [-0.25, -0.2) is 4.39 Å². The molecule has 0 aliphatic heterocycles. The quantitative estimate of drug-likeness (QED) is 0.896. The van der Waals surface area contributed by atoms with E-state index in [1.807, 2.05) is 6.08 Å². The van der Waals surface area contributed by atoms with Gasteiger partial charge in [0.05, 0.1) is 16.9 Å². The number of halogens is 1. The molecule has 3 N–H and O–H groups in total. The van der Waals surface area contributed by atoms with E-state index in [1.54, 1.807) is 6.20 Å². The zero-order chi connectivity index (χ0) is 16.5. The van der Waals surface area contributed by atoms with Gasteiger partial charge in [0, 0.05) is 24.2 Å². The van der Waals surface area contributed by atoms with Crippen LogP contribution in [0.2, 0.25) is 0 Å². The van der Waals surface area contributed by atoms with Gasteiger partial charge < -0.3 is 11.1 Å². The minimum Gasteiger partial charge on any atom is -0.381 e. The third-order valence-electron chi connectivity index (χ3n) is 6.57. The number of hydrogen-bond acceptors (Lipinski definition) is 3. The van der Waals surface area contributed by atoms with E-state index in [0.717, 1.165) is 42.6 Å². The molecule has 5 aliphatic carbocycles.